The van der Waals surface area contributed by atoms with Gasteiger partial charge >= 0.3 is 5.97 Å². The van der Waals surface area contributed by atoms with Crippen molar-refractivity contribution >= 4 is 23.3 Å². The lowest BCUT2D eigenvalue weighted by Crippen LogP contribution is -2.28. The Balaban J connectivity index is 1.96. The number of hydrogen-bond donors (Lipinski definition) is 0. The number of ether oxygens (including phenoxy) is 2. The summed E-state index contributed by atoms with van der Waals surface area (Å²) >= 11 is 6.14. The summed E-state index contributed by atoms with van der Waals surface area (Å²) in [6.45, 7) is 9.56. The Bertz CT molecular complexity index is 1360. The molecular weight excluding hydrogens is 451 g/mol. The summed E-state index contributed by atoms with van der Waals surface area (Å²) in [6, 6.07) is 10.4. The van der Waals surface area contributed by atoms with Crippen molar-refractivity contribution in [2.75, 3.05) is 0 Å². The SMILES string of the molecule is [C-]#[N+]c1cc(C#N)cc(Oc2c(Cl)ccc(Cc3cc(C)c(=O)n(COC(C)=O)n3)c2F)c1. The molecule has 0 amide bonds. The fraction of sp³-hybridized carbons (Fsp3) is 0.174. The second kappa shape index (κ2) is 9.94. The molecule has 3 rings (SSSR count). The van der Waals surface area contributed by atoms with Crippen molar-refractivity contribution in [1.82, 2.24) is 9.78 Å². The van der Waals surface area contributed by atoms with E-state index in [0.717, 1.165) is 4.68 Å². The molecule has 166 valence electrons. The van der Waals surface area contributed by atoms with E-state index in [4.69, 9.17) is 32.9 Å². The van der Waals surface area contributed by atoms with Crippen LogP contribution in [0.1, 0.15) is 29.3 Å². The summed E-state index contributed by atoms with van der Waals surface area (Å²) in [5, 5.41) is 13.3. The van der Waals surface area contributed by atoms with Gasteiger partial charge in [0.1, 0.15) is 5.75 Å². The zero-order chi connectivity index (χ0) is 24.1. The van der Waals surface area contributed by atoms with Gasteiger partial charge in [0, 0.05) is 24.5 Å². The van der Waals surface area contributed by atoms with Crippen molar-refractivity contribution in [1.29, 1.82) is 5.26 Å². The summed E-state index contributed by atoms with van der Waals surface area (Å²) in [6.07, 6.45) is -0.00785. The minimum absolute atomic E-state index is 0.00746. The van der Waals surface area contributed by atoms with Crippen LogP contribution in [0.5, 0.6) is 11.5 Å². The Morgan fingerprint density at radius 1 is 1.33 bits per heavy atom. The first-order chi connectivity index (χ1) is 15.7. The second-order valence-electron chi connectivity index (χ2n) is 6.96. The van der Waals surface area contributed by atoms with Crippen molar-refractivity contribution in [3.8, 4) is 17.6 Å². The highest BCUT2D eigenvalue weighted by Crippen LogP contribution is 2.36. The number of aryl methyl sites for hydroxylation is 1. The van der Waals surface area contributed by atoms with Crippen LogP contribution < -0.4 is 10.3 Å². The van der Waals surface area contributed by atoms with E-state index in [2.05, 4.69) is 9.94 Å². The molecule has 2 aromatic carbocycles. The molecule has 0 atom stereocenters. The monoisotopic (exact) mass is 466 g/mol. The Kier molecular flexibility index (Phi) is 7.07. The van der Waals surface area contributed by atoms with E-state index >= 15 is 4.39 Å². The van der Waals surface area contributed by atoms with Gasteiger partial charge < -0.3 is 9.47 Å². The van der Waals surface area contributed by atoms with E-state index in [9.17, 15) is 9.59 Å². The molecule has 0 bridgehead atoms. The van der Waals surface area contributed by atoms with Gasteiger partial charge in [0.15, 0.2) is 24.0 Å². The second-order valence-corrected chi connectivity index (χ2v) is 7.36. The van der Waals surface area contributed by atoms with E-state index in [-0.39, 0.29) is 46.5 Å². The lowest BCUT2D eigenvalue weighted by Gasteiger charge is -2.13. The number of halogens is 2. The van der Waals surface area contributed by atoms with E-state index < -0.39 is 17.3 Å². The van der Waals surface area contributed by atoms with Crippen LogP contribution in [0.15, 0.2) is 41.2 Å². The fourth-order valence-electron chi connectivity index (χ4n) is 2.96. The number of esters is 1. The van der Waals surface area contributed by atoms with Crippen LogP contribution in [0.3, 0.4) is 0 Å². The quantitative estimate of drug-likeness (QED) is 0.386. The minimum atomic E-state index is -0.758. The number of carbonyl (C=O) groups is 1. The van der Waals surface area contributed by atoms with Crippen molar-refractivity contribution in [3.63, 3.8) is 0 Å². The summed E-state index contributed by atoms with van der Waals surface area (Å²) in [4.78, 5) is 26.5. The molecule has 0 unspecified atom stereocenters. The maximum atomic E-state index is 15.3. The van der Waals surface area contributed by atoms with Gasteiger partial charge in [-0.15, -0.1) is 0 Å². The molecule has 0 aliphatic heterocycles. The third kappa shape index (κ3) is 5.53. The number of aromatic nitrogens is 2. The summed E-state index contributed by atoms with van der Waals surface area (Å²) in [5.74, 6) is -1.52. The first-order valence-corrected chi connectivity index (χ1v) is 9.88. The van der Waals surface area contributed by atoms with Gasteiger partial charge in [0.2, 0.25) is 0 Å². The van der Waals surface area contributed by atoms with Crippen LogP contribution in [-0.2, 0) is 22.7 Å². The van der Waals surface area contributed by atoms with Crippen LogP contribution in [0.2, 0.25) is 5.02 Å². The van der Waals surface area contributed by atoms with Crippen molar-refractivity contribution in [3.05, 3.63) is 91.4 Å². The van der Waals surface area contributed by atoms with Gasteiger partial charge in [-0.2, -0.15) is 15.0 Å². The van der Waals surface area contributed by atoms with Crippen LogP contribution >= 0.6 is 11.6 Å². The molecule has 0 N–H and O–H groups in total. The molecular formula is C23H16ClFN4O4. The molecule has 1 heterocycles. The lowest BCUT2D eigenvalue weighted by atomic mass is 10.1. The first kappa shape index (κ1) is 23.5. The zero-order valence-corrected chi connectivity index (χ0v) is 18.3. The molecule has 10 heteroatoms. The number of rotatable bonds is 6. The van der Waals surface area contributed by atoms with Gasteiger partial charge in [-0.1, -0.05) is 17.7 Å². The Hall–Kier alpha value is -4.21. The number of nitriles is 1. The van der Waals surface area contributed by atoms with Gasteiger partial charge in [-0.25, -0.2) is 9.24 Å². The standard InChI is InChI=1S/C23H16ClFN4O4/c1-13-6-18(28-29(23(13)31)12-32-14(2)30)9-16-4-5-20(24)22(21(16)25)33-19-8-15(11-26)7-17(10-19)27-3/h4-8,10H,9,12H2,1-2H3. The Morgan fingerprint density at radius 2 is 2.09 bits per heavy atom. The van der Waals surface area contributed by atoms with E-state index in [0.29, 0.717) is 11.3 Å². The predicted octanol–water partition coefficient (Wildman–Crippen LogP) is 4.67. The highest BCUT2D eigenvalue weighted by Gasteiger charge is 2.17. The summed E-state index contributed by atoms with van der Waals surface area (Å²) in [7, 11) is 0. The third-order valence-corrected chi connectivity index (χ3v) is 4.76. The van der Waals surface area contributed by atoms with E-state index in [1.54, 1.807) is 6.92 Å². The Labute approximate surface area is 193 Å². The number of hydrogen-bond acceptors (Lipinski definition) is 6. The number of nitrogens with zero attached hydrogens (tertiary/aromatic N) is 4. The van der Waals surface area contributed by atoms with Crippen molar-refractivity contribution in [2.24, 2.45) is 0 Å². The molecule has 0 saturated heterocycles. The molecule has 33 heavy (non-hydrogen) atoms. The average Bonchev–Trinajstić information content (AvgIpc) is 2.79. The average molecular weight is 467 g/mol. The molecule has 3 aromatic rings. The molecule has 0 spiro atoms. The van der Waals surface area contributed by atoms with E-state index in [1.807, 2.05) is 6.07 Å². The van der Waals surface area contributed by atoms with Gasteiger partial charge in [-0.3, -0.25) is 9.59 Å². The van der Waals surface area contributed by atoms with E-state index in [1.165, 1.54) is 43.3 Å². The molecule has 1 aromatic heterocycles. The van der Waals surface area contributed by atoms with Crippen LogP contribution in [0, 0.1) is 30.6 Å². The first-order valence-electron chi connectivity index (χ1n) is 9.50. The smallest absolute Gasteiger partial charge is 0.304 e. The van der Waals surface area contributed by atoms with Gasteiger partial charge in [-0.05, 0) is 42.8 Å². The highest BCUT2D eigenvalue weighted by atomic mass is 35.5. The maximum Gasteiger partial charge on any atom is 0.304 e. The third-order valence-electron chi connectivity index (χ3n) is 4.46. The minimum Gasteiger partial charge on any atom is -0.454 e. The summed E-state index contributed by atoms with van der Waals surface area (Å²) < 4.78 is 26.7. The summed E-state index contributed by atoms with van der Waals surface area (Å²) in [5.41, 5.74) is 0.785. The highest BCUT2D eigenvalue weighted by molar-refractivity contribution is 6.32. The number of benzene rings is 2. The maximum absolute atomic E-state index is 15.3. The molecule has 0 saturated carbocycles. The van der Waals surface area contributed by atoms with Crippen molar-refractivity contribution < 1.29 is 18.7 Å². The fourth-order valence-corrected chi connectivity index (χ4v) is 3.14. The lowest BCUT2D eigenvalue weighted by molar-refractivity contribution is -0.145. The molecule has 8 nitrogen and oxygen atoms in total. The molecule has 0 aliphatic rings. The van der Waals surface area contributed by atoms with Crippen molar-refractivity contribution in [2.45, 2.75) is 27.0 Å². The van der Waals surface area contributed by atoms with Crippen LogP contribution in [0.4, 0.5) is 10.1 Å². The predicted molar refractivity (Wildman–Crippen MR) is 117 cm³/mol. The molecule has 0 aliphatic carbocycles. The van der Waals surface area contributed by atoms with Crippen LogP contribution in [-0.4, -0.2) is 15.7 Å². The molecule has 0 fully saturated rings. The topological polar surface area (TPSA) is 98.6 Å². The molecule has 0 radical (unpaired) electrons. The Morgan fingerprint density at radius 3 is 2.76 bits per heavy atom. The normalized spacial score (nSPS) is 10.2. The van der Waals surface area contributed by atoms with Gasteiger partial charge in [0.25, 0.3) is 5.56 Å². The number of carbonyl (C=O) groups excluding carboxylic acids is 1. The van der Waals surface area contributed by atoms with Crippen LogP contribution in [0.25, 0.3) is 4.85 Å². The zero-order valence-electron chi connectivity index (χ0n) is 17.6. The van der Waals surface area contributed by atoms with Gasteiger partial charge in [0.05, 0.1) is 23.4 Å². The largest absolute Gasteiger partial charge is 0.454 e.